The van der Waals surface area contributed by atoms with Crippen LogP contribution in [0.15, 0.2) is 42.5 Å². The highest BCUT2D eigenvalue weighted by Gasteiger charge is 2.36. The molecule has 30 heavy (non-hydrogen) atoms. The lowest BCUT2D eigenvalue weighted by atomic mass is 10.2. The first-order valence-corrected chi connectivity index (χ1v) is 11.3. The molecule has 0 fully saturated rings. The molecule has 2 aromatic rings. The average molecular weight is 453 g/mol. The Morgan fingerprint density at radius 3 is 2.63 bits per heavy atom. The molecule has 160 valence electrons. The number of benzene rings is 2. The van der Waals surface area contributed by atoms with E-state index in [0.717, 1.165) is 0 Å². The molecule has 10 heteroatoms. The number of carbonyl (C=O) groups is 2. The van der Waals surface area contributed by atoms with Gasteiger partial charge >= 0.3 is 5.97 Å². The Hall–Kier alpha value is -2.78. The number of ether oxygens (including phenoxy) is 2. The van der Waals surface area contributed by atoms with Crippen molar-refractivity contribution in [2.24, 2.45) is 0 Å². The Morgan fingerprint density at radius 2 is 1.97 bits per heavy atom. The number of hydrogen-bond acceptors (Lipinski definition) is 6. The summed E-state index contributed by atoms with van der Waals surface area (Å²) in [5, 5.41) is 2.77. The van der Waals surface area contributed by atoms with Crippen LogP contribution in [-0.2, 0) is 19.6 Å². The molecule has 1 aliphatic heterocycles. The van der Waals surface area contributed by atoms with Gasteiger partial charge in [0.1, 0.15) is 5.75 Å². The van der Waals surface area contributed by atoms with Crippen molar-refractivity contribution in [2.75, 3.05) is 28.5 Å². The molecule has 1 aliphatic rings. The van der Waals surface area contributed by atoms with Crippen LogP contribution in [0.4, 0.5) is 11.4 Å². The van der Waals surface area contributed by atoms with Crippen molar-refractivity contribution < 1.29 is 27.5 Å². The standard InChI is InChI=1S/C20H21ClN2O6S/c1-3-28-20(25)14-10-9-13(11-15(14)21)22-19(24)18-12-23(30(26,27)4-2)16-7-5-6-8-17(16)29-18/h5-11,18H,3-4,12H2,1-2H3,(H,22,24). The van der Waals surface area contributed by atoms with Crippen molar-refractivity contribution in [1.82, 2.24) is 0 Å². The Bertz CT molecular complexity index is 1070. The number of rotatable bonds is 6. The summed E-state index contributed by atoms with van der Waals surface area (Å²) in [5.74, 6) is -0.911. The minimum atomic E-state index is -3.60. The summed E-state index contributed by atoms with van der Waals surface area (Å²) >= 11 is 6.13. The SMILES string of the molecule is CCOC(=O)c1ccc(NC(=O)C2CN(S(=O)(=O)CC)c3ccccc3O2)cc1Cl. The summed E-state index contributed by atoms with van der Waals surface area (Å²) in [7, 11) is -3.60. The maximum Gasteiger partial charge on any atom is 0.339 e. The highest BCUT2D eigenvalue weighted by molar-refractivity contribution is 7.92. The van der Waals surface area contributed by atoms with Gasteiger partial charge in [-0.15, -0.1) is 0 Å². The number of fused-ring (bicyclic) bond motifs is 1. The van der Waals surface area contributed by atoms with Gasteiger partial charge in [0, 0.05) is 5.69 Å². The molecule has 8 nitrogen and oxygen atoms in total. The van der Waals surface area contributed by atoms with Gasteiger partial charge in [-0.1, -0.05) is 23.7 Å². The third kappa shape index (κ3) is 4.52. The molecular formula is C20H21ClN2O6S. The van der Waals surface area contributed by atoms with Gasteiger partial charge in [0.2, 0.25) is 10.0 Å². The predicted molar refractivity (Wildman–Crippen MR) is 114 cm³/mol. The van der Waals surface area contributed by atoms with Gasteiger partial charge in [0.15, 0.2) is 6.10 Å². The van der Waals surface area contributed by atoms with E-state index in [9.17, 15) is 18.0 Å². The van der Waals surface area contributed by atoms with Crippen molar-refractivity contribution in [1.29, 1.82) is 0 Å². The van der Waals surface area contributed by atoms with Crippen LogP contribution < -0.4 is 14.4 Å². The summed E-state index contributed by atoms with van der Waals surface area (Å²) in [4.78, 5) is 24.6. The van der Waals surface area contributed by atoms with Crippen molar-refractivity contribution in [3.05, 3.63) is 53.1 Å². The molecule has 0 aromatic heterocycles. The smallest absolute Gasteiger partial charge is 0.339 e. The van der Waals surface area contributed by atoms with Crippen LogP contribution in [0.3, 0.4) is 0 Å². The zero-order valence-corrected chi connectivity index (χ0v) is 18.0. The molecule has 0 spiro atoms. The maximum atomic E-state index is 12.8. The molecular weight excluding hydrogens is 432 g/mol. The summed E-state index contributed by atoms with van der Waals surface area (Å²) < 4.78 is 36.9. The van der Waals surface area contributed by atoms with E-state index >= 15 is 0 Å². The van der Waals surface area contributed by atoms with Gasteiger partial charge in [0.05, 0.1) is 35.2 Å². The second-order valence-corrected chi connectivity index (χ2v) is 9.00. The zero-order chi connectivity index (χ0) is 21.9. The van der Waals surface area contributed by atoms with E-state index in [1.54, 1.807) is 31.2 Å². The number of carbonyl (C=O) groups excluding carboxylic acids is 2. The molecule has 3 rings (SSSR count). The number of sulfonamides is 1. The van der Waals surface area contributed by atoms with Crippen molar-refractivity contribution >= 4 is 44.9 Å². The lowest BCUT2D eigenvalue weighted by molar-refractivity contribution is -0.122. The molecule has 1 heterocycles. The first-order chi connectivity index (χ1) is 14.3. The van der Waals surface area contributed by atoms with Crippen LogP contribution in [0, 0.1) is 0 Å². The van der Waals surface area contributed by atoms with Crippen LogP contribution in [0.1, 0.15) is 24.2 Å². The topological polar surface area (TPSA) is 102 Å². The van der Waals surface area contributed by atoms with Crippen LogP contribution in [0.5, 0.6) is 5.75 Å². The largest absolute Gasteiger partial charge is 0.476 e. The average Bonchev–Trinajstić information content (AvgIpc) is 2.73. The fourth-order valence-electron chi connectivity index (χ4n) is 2.95. The van der Waals surface area contributed by atoms with E-state index in [-0.39, 0.29) is 29.5 Å². The lowest BCUT2D eigenvalue weighted by Gasteiger charge is -2.34. The Labute approximate surface area is 179 Å². The van der Waals surface area contributed by atoms with Crippen molar-refractivity contribution in [3.63, 3.8) is 0 Å². The minimum Gasteiger partial charge on any atom is -0.476 e. The van der Waals surface area contributed by atoms with E-state index < -0.39 is 28.0 Å². The summed E-state index contributed by atoms with van der Waals surface area (Å²) in [6.07, 6.45) is -1.07. The fraction of sp³-hybridized carbons (Fsp3) is 0.300. The number of para-hydroxylation sites is 2. The number of halogens is 1. The third-order valence-corrected chi connectivity index (χ3v) is 6.52. The third-order valence-electron chi connectivity index (χ3n) is 4.46. The Balaban J connectivity index is 1.81. The van der Waals surface area contributed by atoms with Crippen LogP contribution in [-0.4, -0.2) is 45.3 Å². The zero-order valence-electron chi connectivity index (χ0n) is 16.4. The fourth-order valence-corrected chi connectivity index (χ4v) is 4.33. The van der Waals surface area contributed by atoms with Crippen LogP contribution >= 0.6 is 11.6 Å². The Kier molecular flexibility index (Phi) is 6.52. The normalized spacial score (nSPS) is 15.7. The lowest BCUT2D eigenvalue weighted by Crippen LogP contribution is -2.49. The van der Waals surface area contributed by atoms with Crippen LogP contribution in [0.25, 0.3) is 0 Å². The van der Waals surface area contributed by atoms with Gasteiger partial charge in [0.25, 0.3) is 5.91 Å². The molecule has 0 bridgehead atoms. The monoisotopic (exact) mass is 452 g/mol. The second kappa shape index (κ2) is 8.93. The number of nitrogens with one attached hydrogen (secondary N) is 1. The minimum absolute atomic E-state index is 0.111. The second-order valence-electron chi connectivity index (χ2n) is 6.41. The molecule has 0 saturated carbocycles. The maximum absolute atomic E-state index is 12.8. The molecule has 1 atom stereocenters. The quantitative estimate of drug-likeness (QED) is 0.676. The summed E-state index contributed by atoms with van der Waals surface area (Å²) in [6.45, 7) is 3.28. The van der Waals surface area contributed by atoms with E-state index in [4.69, 9.17) is 21.1 Å². The number of esters is 1. The number of anilines is 2. The number of nitrogens with zero attached hydrogens (tertiary/aromatic N) is 1. The molecule has 0 aliphatic carbocycles. The van der Waals surface area contributed by atoms with E-state index in [1.807, 2.05) is 0 Å². The number of hydrogen-bond donors (Lipinski definition) is 1. The summed E-state index contributed by atoms with van der Waals surface area (Å²) in [5.41, 5.74) is 0.912. The first-order valence-electron chi connectivity index (χ1n) is 9.30. The van der Waals surface area contributed by atoms with Gasteiger partial charge in [-0.3, -0.25) is 9.10 Å². The van der Waals surface area contributed by atoms with E-state index in [1.165, 1.54) is 29.4 Å². The molecule has 2 aromatic carbocycles. The predicted octanol–water partition coefficient (Wildman–Crippen LogP) is 3.07. The Morgan fingerprint density at radius 1 is 1.23 bits per heavy atom. The summed E-state index contributed by atoms with van der Waals surface area (Å²) in [6, 6.07) is 11.0. The molecule has 0 radical (unpaired) electrons. The highest BCUT2D eigenvalue weighted by Crippen LogP contribution is 2.35. The number of amides is 1. The first kappa shape index (κ1) is 21.9. The highest BCUT2D eigenvalue weighted by atomic mass is 35.5. The molecule has 1 N–H and O–H groups in total. The van der Waals surface area contributed by atoms with E-state index in [2.05, 4.69) is 5.32 Å². The van der Waals surface area contributed by atoms with Gasteiger partial charge in [-0.2, -0.15) is 0 Å². The van der Waals surface area contributed by atoms with Crippen molar-refractivity contribution in [3.8, 4) is 5.75 Å². The van der Waals surface area contributed by atoms with Gasteiger partial charge in [-0.05, 0) is 44.2 Å². The van der Waals surface area contributed by atoms with Gasteiger partial charge in [-0.25, -0.2) is 13.2 Å². The molecule has 0 saturated heterocycles. The van der Waals surface area contributed by atoms with Crippen LogP contribution in [0.2, 0.25) is 5.02 Å². The van der Waals surface area contributed by atoms with Gasteiger partial charge < -0.3 is 14.8 Å². The van der Waals surface area contributed by atoms with E-state index in [0.29, 0.717) is 17.1 Å². The molecule has 1 amide bonds. The van der Waals surface area contributed by atoms with Crippen molar-refractivity contribution in [2.45, 2.75) is 20.0 Å². The molecule has 1 unspecified atom stereocenters.